The molecule has 2 unspecified atom stereocenters. The molecule has 2 atom stereocenters. The second-order valence-electron chi connectivity index (χ2n) is 4.43. The first-order valence-electron chi connectivity index (χ1n) is 6.58. The number of likely N-dealkylation sites (N-methyl/N-ethyl adjacent to an activating group) is 1. The molecule has 0 N–H and O–H groups in total. The number of alkyl halides is 1. The zero-order valence-corrected chi connectivity index (χ0v) is 13.4. The van der Waals surface area contributed by atoms with Crippen molar-refractivity contribution in [3.05, 3.63) is 48.6 Å². The number of esters is 1. The second-order valence-corrected chi connectivity index (χ2v) is 4.97. The van der Waals surface area contributed by atoms with E-state index in [0.29, 0.717) is 0 Å². The van der Waals surface area contributed by atoms with Gasteiger partial charge in [0.25, 0.3) is 0 Å². The Kier molecular flexibility index (Phi) is 9.77. The molecule has 1 aromatic rings. The van der Waals surface area contributed by atoms with Gasteiger partial charge in [-0.2, -0.15) is 0 Å². The minimum atomic E-state index is -0.389. The maximum atomic E-state index is 11.2. The van der Waals surface area contributed by atoms with Crippen LogP contribution in [-0.4, -0.2) is 36.9 Å². The summed E-state index contributed by atoms with van der Waals surface area (Å²) in [6, 6.07) is 10.0. The Morgan fingerprint density at radius 2 is 1.90 bits per heavy atom. The van der Waals surface area contributed by atoms with E-state index in [9.17, 15) is 4.79 Å². The number of hydrogen-bond acceptors (Lipinski definition) is 3. The lowest BCUT2D eigenvalue weighted by atomic mass is 10.0. The largest absolute Gasteiger partial charge is 0.457 e. The van der Waals surface area contributed by atoms with Crippen molar-refractivity contribution < 1.29 is 9.53 Å². The van der Waals surface area contributed by atoms with Crippen molar-refractivity contribution in [2.75, 3.05) is 20.0 Å². The fourth-order valence-electron chi connectivity index (χ4n) is 1.94. The van der Waals surface area contributed by atoms with Crippen LogP contribution in [0.15, 0.2) is 43.0 Å². The van der Waals surface area contributed by atoms with Crippen molar-refractivity contribution in [3.63, 3.8) is 0 Å². The number of halogens is 1. The SMILES string of the molecule is C=CC(=O)OC(C)C(c1ccccc1)N(C)C.CCCl. The maximum Gasteiger partial charge on any atom is 0.330 e. The molecule has 0 heterocycles. The van der Waals surface area contributed by atoms with Crippen molar-refractivity contribution in [3.8, 4) is 0 Å². The van der Waals surface area contributed by atoms with E-state index in [2.05, 4.69) is 6.58 Å². The van der Waals surface area contributed by atoms with Crippen molar-refractivity contribution in [2.24, 2.45) is 0 Å². The van der Waals surface area contributed by atoms with Crippen LogP contribution in [0.4, 0.5) is 0 Å². The number of hydrogen-bond donors (Lipinski definition) is 0. The van der Waals surface area contributed by atoms with E-state index < -0.39 is 0 Å². The molecule has 0 spiro atoms. The quantitative estimate of drug-likeness (QED) is 0.472. The average Bonchev–Trinajstić information content (AvgIpc) is 2.40. The van der Waals surface area contributed by atoms with Gasteiger partial charge in [-0.25, -0.2) is 4.79 Å². The first-order chi connectivity index (χ1) is 9.47. The van der Waals surface area contributed by atoms with Crippen molar-refractivity contribution in [2.45, 2.75) is 26.0 Å². The first kappa shape index (κ1) is 18.7. The van der Waals surface area contributed by atoms with Crippen molar-refractivity contribution in [1.82, 2.24) is 4.90 Å². The third kappa shape index (κ3) is 6.73. The highest BCUT2D eigenvalue weighted by molar-refractivity contribution is 6.17. The molecule has 0 amide bonds. The topological polar surface area (TPSA) is 29.5 Å². The lowest BCUT2D eigenvalue weighted by Gasteiger charge is -2.29. The smallest absolute Gasteiger partial charge is 0.330 e. The van der Waals surface area contributed by atoms with Gasteiger partial charge in [-0.15, -0.1) is 11.6 Å². The molecule has 3 nitrogen and oxygen atoms in total. The van der Waals surface area contributed by atoms with Gasteiger partial charge in [0.05, 0.1) is 6.04 Å². The lowest BCUT2D eigenvalue weighted by Crippen LogP contribution is -2.32. The monoisotopic (exact) mass is 297 g/mol. The van der Waals surface area contributed by atoms with E-state index in [1.54, 1.807) is 0 Å². The van der Waals surface area contributed by atoms with Crippen LogP contribution in [0.2, 0.25) is 0 Å². The highest BCUT2D eigenvalue weighted by atomic mass is 35.5. The van der Waals surface area contributed by atoms with Gasteiger partial charge in [0.15, 0.2) is 0 Å². The zero-order chi connectivity index (χ0) is 15.5. The van der Waals surface area contributed by atoms with Gasteiger partial charge in [-0.1, -0.05) is 43.8 Å². The van der Waals surface area contributed by atoms with Gasteiger partial charge >= 0.3 is 5.97 Å². The Balaban J connectivity index is 0.00000110. The molecule has 0 aliphatic carbocycles. The molecule has 20 heavy (non-hydrogen) atoms. The second kappa shape index (κ2) is 10.5. The number of ether oxygens (including phenoxy) is 1. The molecule has 0 radical (unpaired) electrons. The summed E-state index contributed by atoms with van der Waals surface area (Å²) in [5.41, 5.74) is 1.13. The third-order valence-corrected chi connectivity index (χ3v) is 2.61. The summed E-state index contributed by atoms with van der Waals surface area (Å²) < 4.78 is 5.28. The number of rotatable bonds is 5. The van der Waals surface area contributed by atoms with Crippen LogP contribution in [-0.2, 0) is 9.53 Å². The number of nitrogens with zero attached hydrogens (tertiary/aromatic N) is 1. The first-order valence-corrected chi connectivity index (χ1v) is 7.11. The summed E-state index contributed by atoms with van der Waals surface area (Å²) in [5, 5.41) is 0. The van der Waals surface area contributed by atoms with Crippen molar-refractivity contribution in [1.29, 1.82) is 0 Å². The highest BCUT2D eigenvalue weighted by Crippen LogP contribution is 2.23. The molecule has 1 rings (SSSR count). The summed E-state index contributed by atoms with van der Waals surface area (Å²) in [7, 11) is 3.94. The molecule has 4 heteroatoms. The minimum Gasteiger partial charge on any atom is -0.457 e. The molecule has 1 aromatic carbocycles. The van der Waals surface area contributed by atoms with Gasteiger partial charge in [-0.3, -0.25) is 4.90 Å². The molecule has 0 aromatic heterocycles. The Morgan fingerprint density at radius 1 is 1.40 bits per heavy atom. The van der Waals surface area contributed by atoms with E-state index in [-0.39, 0.29) is 18.1 Å². The zero-order valence-electron chi connectivity index (χ0n) is 12.7. The molecule has 0 fully saturated rings. The molecule has 0 saturated carbocycles. The number of carbonyl (C=O) groups excluding carboxylic acids is 1. The van der Waals surface area contributed by atoms with Gasteiger partial charge in [0.2, 0.25) is 0 Å². The summed E-state index contributed by atoms with van der Waals surface area (Å²) in [4.78, 5) is 13.3. The summed E-state index contributed by atoms with van der Waals surface area (Å²) in [5.74, 6) is 0.334. The van der Waals surface area contributed by atoms with E-state index in [0.717, 1.165) is 11.4 Å². The van der Waals surface area contributed by atoms with Crippen LogP contribution in [0.25, 0.3) is 0 Å². The summed E-state index contributed by atoms with van der Waals surface area (Å²) in [6.45, 7) is 7.18. The Morgan fingerprint density at radius 3 is 2.30 bits per heavy atom. The van der Waals surface area contributed by atoms with E-state index in [1.165, 1.54) is 6.08 Å². The lowest BCUT2D eigenvalue weighted by molar-refractivity contribution is -0.145. The highest BCUT2D eigenvalue weighted by Gasteiger charge is 2.23. The van der Waals surface area contributed by atoms with Crippen LogP contribution < -0.4 is 0 Å². The van der Waals surface area contributed by atoms with E-state index in [1.807, 2.05) is 63.2 Å². The van der Waals surface area contributed by atoms with Gasteiger partial charge in [-0.05, 0) is 26.6 Å². The Bertz CT molecular complexity index is 393. The summed E-state index contributed by atoms with van der Waals surface area (Å²) in [6.07, 6.45) is 0.965. The fourth-order valence-corrected chi connectivity index (χ4v) is 1.94. The van der Waals surface area contributed by atoms with Crippen LogP contribution in [0.1, 0.15) is 25.5 Å². The Labute approximate surface area is 127 Å². The predicted octanol–water partition coefficient (Wildman–Crippen LogP) is 3.65. The van der Waals surface area contributed by atoms with Crippen LogP contribution >= 0.6 is 11.6 Å². The average molecular weight is 298 g/mol. The van der Waals surface area contributed by atoms with E-state index in [4.69, 9.17) is 16.3 Å². The number of benzene rings is 1. The summed E-state index contributed by atoms with van der Waals surface area (Å²) >= 11 is 5.00. The number of carbonyl (C=O) groups is 1. The van der Waals surface area contributed by atoms with Crippen molar-refractivity contribution >= 4 is 17.6 Å². The standard InChI is InChI=1S/C14H19NO2.C2H5Cl/c1-5-13(16)17-11(2)14(15(3)4)12-9-7-6-8-10-12;1-2-3/h5-11,14H,1H2,2-4H3;2H2,1H3. The molecule has 112 valence electrons. The molecule has 0 aliphatic rings. The van der Waals surface area contributed by atoms with Gasteiger partial charge in [0, 0.05) is 12.0 Å². The molecular weight excluding hydrogens is 274 g/mol. The molecule has 0 bridgehead atoms. The van der Waals surface area contributed by atoms with Crippen LogP contribution in [0.5, 0.6) is 0 Å². The van der Waals surface area contributed by atoms with E-state index >= 15 is 0 Å². The maximum absolute atomic E-state index is 11.2. The normalized spacial score (nSPS) is 12.9. The minimum absolute atomic E-state index is 0.0418. The van der Waals surface area contributed by atoms with Gasteiger partial charge in [0.1, 0.15) is 6.10 Å². The Hall–Kier alpha value is -1.32. The third-order valence-electron chi connectivity index (χ3n) is 2.61. The predicted molar refractivity (Wildman–Crippen MR) is 85.0 cm³/mol. The fraction of sp³-hybridized carbons (Fsp3) is 0.438. The van der Waals surface area contributed by atoms with Crippen LogP contribution in [0, 0.1) is 0 Å². The molecule has 0 aliphatic heterocycles. The molecular formula is C16H24ClNO2. The molecule has 0 saturated heterocycles. The van der Waals surface area contributed by atoms with Gasteiger partial charge < -0.3 is 4.74 Å². The van der Waals surface area contributed by atoms with Crippen LogP contribution in [0.3, 0.4) is 0 Å².